The van der Waals surface area contributed by atoms with Gasteiger partial charge in [-0.1, -0.05) is 51.8 Å². The minimum absolute atomic E-state index is 0.377. The van der Waals surface area contributed by atoms with Crippen LogP contribution in [0.25, 0.3) is 10.9 Å². The van der Waals surface area contributed by atoms with E-state index >= 15 is 0 Å². The second-order valence-corrected chi connectivity index (χ2v) is 7.77. The summed E-state index contributed by atoms with van der Waals surface area (Å²) in [6.45, 7) is 0.377. The first-order valence-corrected chi connectivity index (χ1v) is 10.1. The van der Waals surface area contributed by atoms with Crippen molar-refractivity contribution < 1.29 is 4.74 Å². The second-order valence-electron chi connectivity index (χ2n) is 6.44. The maximum atomic E-state index is 12.5. The van der Waals surface area contributed by atoms with Crippen LogP contribution in [0.1, 0.15) is 11.1 Å². The Morgan fingerprint density at radius 2 is 1.83 bits per heavy atom. The van der Waals surface area contributed by atoms with Crippen LogP contribution in [0.4, 0.5) is 0 Å². The molecule has 3 aromatic carbocycles. The van der Waals surface area contributed by atoms with Crippen molar-refractivity contribution in [2.75, 3.05) is 0 Å². The van der Waals surface area contributed by atoms with Crippen LogP contribution in [-0.4, -0.2) is 15.9 Å². The summed E-state index contributed by atoms with van der Waals surface area (Å²) in [5.41, 5.74) is 0.987. The molecule has 8 heteroatoms. The third-order valence-electron chi connectivity index (χ3n) is 4.37. The number of benzene rings is 3. The van der Waals surface area contributed by atoms with Crippen LogP contribution in [0.15, 0.2) is 85.9 Å². The highest BCUT2D eigenvalue weighted by molar-refractivity contribution is 9.10. The molecule has 0 saturated heterocycles. The van der Waals surface area contributed by atoms with Gasteiger partial charge in [-0.25, -0.2) is 4.79 Å². The lowest BCUT2D eigenvalue weighted by atomic mass is 10.2. The van der Waals surface area contributed by atoms with Crippen LogP contribution in [0.5, 0.6) is 5.75 Å². The molecule has 0 unspecified atom stereocenters. The Bertz CT molecular complexity index is 1360. The van der Waals surface area contributed by atoms with Crippen molar-refractivity contribution in [1.29, 1.82) is 0 Å². The molecule has 6 nitrogen and oxygen atoms in total. The van der Waals surface area contributed by atoms with E-state index in [9.17, 15) is 9.59 Å². The quantitative estimate of drug-likeness (QED) is 0.422. The van der Waals surface area contributed by atoms with Crippen LogP contribution in [0.3, 0.4) is 0 Å². The first-order chi connectivity index (χ1) is 14.5. The second kappa shape index (κ2) is 8.69. The summed E-state index contributed by atoms with van der Waals surface area (Å²) in [5, 5.41) is 4.81. The maximum Gasteiger partial charge on any atom is 0.349 e. The van der Waals surface area contributed by atoms with Crippen molar-refractivity contribution in [2.24, 2.45) is 5.10 Å². The lowest BCUT2D eigenvalue weighted by Crippen LogP contribution is -2.32. The summed E-state index contributed by atoms with van der Waals surface area (Å²) >= 11 is 9.71. The molecule has 0 atom stereocenters. The average molecular weight is 485 g/mol. The SMILES string of the molecule is O=c1[nH]c2ccccc2c(=O)n1N=Cc1ccc(OCc2ccc(Br)cc2)c(Cl)c1. The van der Waals surface area contributed by atoms with Gasteiger partial charge in [0.2, 0.25) is 0 Å². The highest BCUT2D eigenvalue weighted by Crippen LogP contribution is 2.26. The Hall–Kier alpha value is -3.16. The monoisotopic (exact) mass is 483 g/mol. The molecule has 0 aliphatic rings. The highest BCUT2D eigenvalue weighted by atomic mass is 79.9. The van der Waals surface area contributed by atoms with Gasteiger partial charge in [0, 0.05) is 4.47 Å². The van der Waals surface area contributed by atoms with Crippen molar-refractivity contribution in [3.8, 4) is 5.75 Å². The Balaban J connectivity index is 1.54. The van der Waals surface area contributed by atoms with E-state index in [1.807, 2.05) is 24.3 Å². The van der Waals surface area contributed by atoms with Gasteiger partial charge in [0.05, 0.1) is 22.1 Å². The highest BCUT2D eigenvalue weighted by Gasteiger charge is 2.07. The Morgan fingerprint density at radius 1 is 1.07 bits per heavy atom. The van der Waals surface area contributed by atoms with Gasteiger partial charge in [0.1, 0.15) is 12.4 Å². The van der Waals surface area contributed by atoms with E-state index in [1.165, 1.54) is 6.21 Å². The van der Waals surface area contributed by atoms with E-state index in [2.05, 4.69) is 26.0 Å². The van der Waals surface area contributed by atoms with Crippen LogP contribution >= 0.6 is 27.5 Å². The molecule has 4 aromatic rings. The fraction of sp³-hybridized carbons (Fsp3) is 0.0455. The van der Waals surface area contributed by atoms with E-state index < -0.39 is 11.2 Å². The molecule has 150 valence electrons. The number of aromatic nitrogens is 2. The van der Waals surface area contributed by atoms with Crippen LogP contribution in [-0.2, 0) is 6.61 Å². The average Bonchev–Trinajstić information content (AvgIpc) is 2.74. The molecule has 30 heavy (non-hydrogen) atoms. The van der Waals surface area contributed by atoms with E-state index in [1.54, 1.807) is 42.5 Å². The van der Waals surface area contributed by atoms with Crippen LogP contribution < -0.4 is 16.0 Å². The number of halogens is 2. The van der Waals surface area contributed by atoms with E-state index in [-0.39, 0.29) is 0 Å². The third-order valence-corrected chi connectivity index (χ3v) is 5.19. The molecular weight excluding hydrogens is 470 g/mol. The zero-order valence-corrected chi connectivity index (χ0v) is 17.9. The number of hydrogen-bond acceptors (Lipinski definition) is 4. The summed E-state index contributed by atoms with van der Waals surface area (Å²) in [7, 11) is 0. The van der Waals surface area contributed by atoms with Crippen molar-refractivity contribution in [1.82, 2.24) is 9.66 Å². The first-order valence-electron chi connectivity index (χ1n) is 8.96. The fourth-order valence-corrected chi connectivity index (χ4v) is 3.35. The number of nitrogens with one attached hydrogen (secondary N) is 1. The van der Waals surface area contributed by atoms with Gasteiger partial charge in [0.15, 0.2) is 0 Å². The molecule has 0 bridgehead atoms. The Labute approximate surface area is 184 Å². The fourth-order valence-electron chi connectivity index (χ4n) is 2.84. The number of aromatic amines is 1. The summed E-state index contributed by atoms with van der Waals surface area (Å²) in [5.74, 6) is 0.525. The van der Waals surface area contributed by atoms with Crippen molar-refractivity contribution in [3.05, 3.63) is 108 Å². The minimum atomic E-state index is -0.615. The van der Waals surface area contributed by atoms with Gasteiger partial charge in [-0.05, 0) is 53.6 Å². The zero-order chi connectivity index (χ0) is 21.1. The predicted octanol–water partition coefficient (Wildman–Crippen LogP) is 4.57. The lowest BCUT2D eigenvalue weighted by molar-refractivity contribution is 0.306. The standard InChI is InChI=1S/C22H15BrClN3O3/c23-16-8-5-14(6-9-16)13-30-20-10-7-15(11-18(20)24)12-25-27-21(28)17-3-1-2-4-19(17)26-22(27)29/h1-12H,13H2,(H,26,29). The maximum absolute atomic E-state index is 12.5. The molecule has 1 aromatic heterocycles. The Kier molecular flexibility index (Phi) is 5.83. The first kappa shape index (κ1) is 20.1. The molecule has 1 heterocycles. The number of hydrogen-bond donors (Lipinski definition) is 1. The minimum Gasteiger partial charge on any atom is -0.487 e. The van der Waals surface area contributed by atoms with Crippen molar-refractivity contribution in [3.63, 3.8) is 0 Å². The molecule has 0 aliphatic carbocycles. The number of ether oxygens (including phenoxy) is 1. The van der Waals surface area contributed by atoms with Crippen molar-refractivity contribution >= 4 is 44.6 Å². The number of nitrogens with zero attached hydrogens (tertiary/aromatic N) is 2. The van der Waals surface area contributed by atoms with E-state index in [4.69, 9.17) is 16.3 Å². The lowest BCUT2D eigenvalue weighted by Gasteiger charge is -2.09. The topological polar surface area (TPSA) is 76.5 Å². The summed E-state index contributed by atoms with van der Waals surface area (Å²) in [4.78, 5) is 27.3. The Morgan fingerprint density at radius 3 is 2.60 bits per heavy atom. The molecule has 4 rings (SSSR count). The van der Waals surface area contributed by atoms with E-state index in [0.717, 1.165) is 14.7 Å². The van der Waals surface area contributed by atoms with Gasteiger partial charge < -0.3 is 9.72 Å². The van der Waals surface area contributed by atoms with Gasteiger partial charge in [-0.15, -0.1) is 4.68 Å². The van der Waals surface area contributed by atoms with Crippen LogP contribution in [0, 0.1) is 0 Å². The normalized spacial score (nSPS) is 11.3. The molecule has 0 aliphatic heterocycles. The van der Waals surface area contributed by atoms with Gasteiger partial charge in [-0.3, -0.25) is 4.79 Å². The smallest absolute Gasteiger partial charge is 0.349 e. The number of H-pyrrole nitrogens is 1. The number of fused-ring (bicyclic) bond motifs is 1. The molecule has 1 N–H and O–H groups in total. The molecular formula is C22H15BrClN3O3. The molecule has 0 saturated carbocycles. The zero-order valence-electron chi connectivity index (χ0n) is 15.5. The van der Waals surface area contributed by atoms with Crippen LogP contribution in [0.2, 0.25) is 5.02 Å². The number of rotatable bonds is 5. The molecule has 0 amide bonds. The summed E-state index contributed by atoms with van der Waals surface area (Å²) in [6, 6.07) is 19.7. The molecule has 0 radical (unpaired) electrons. The van der Waals surface area contributed by atoms with Gasteiger partial charge in [-0.2, -0.15) is 5.10 Å². The van der Waals surface area contributed by atoms with Gasteiger partial charge in [0.25, 0.3) is 5.56 Å². The molecule has 0 fully saturated rings. The predicted molar refractivity (Wildman–Crippen MR) is 122 cm³/mol. The van der Waals surface area contributed by atoms with Crippen molar-refractivity contribution in [2.45, 2.75) is 6.61 Å². The third kappa shape index (κ3) is 4.37. The van der Waals surface area contributed by atoms with Gasteiger partial charge >= 0.3 is 5.69 Å². The number of para-hydroxylation sites is 1. The summed E-state index contributed by atoms with van der Waals surface area (Å²) < 4.78 is 7.55. The largest absolute Gasteiger partial charge is 0.487 e. The molecule has 0 spiro atoms. The van der Waals surface area contributed by atoms with E-state index in [0.29, 0.717) is 33.8 Å². The summed E-state index contributed by atoms with van der Waals surface area (Å²) in [6.07, 6.45) is 1.40.